The van der Waals surface area contributed by atoms with Crippen molar-refractivity contribution in [1.82, 2.24) is 10.2 Å². The first-order valence-corrected chi connectivity index (χ1v) is 10.1. The van der Waals surface area contributed by atoms with E-state index in [1.54, 1.807) is 18.2 Å². The maximum absolute atomic E-state index is 12.3. The number of carbonyl (C=O) groups excluding carboxylic acids is 1. The highest BCUT2D eigenvalue weighted by Crippen LogP contribution is 2.16. The van der Waals surface area contributed by atoms with Gasteiger partial charge in [0.1, 0.15) is 5.75 Å². The number of aromatic nitrogens is 2. The standard InChI is InChI=1S/C19H19N3O4S/c1-2-14-8-10-15(11-9-14)12-17(23)20-19-22-21-18(26-19)13-27(24,25)16-6-4-3-5-7-16/h3-11H,2,12-13H2,1H3,(H,20,22,23). The molecule has 3 rings (SSSR count). The lowest BCUT2D eigenvalue weighted by atomic mass is 10.1. The molecule has 1 amide bonds. The second-order valence-electron chi connectivity index (χ2n) is 5.97. The van der Waals surface area contributed by atoms with Crippen molar-refractivity contribution in [1.29, 1.82) is 0 Å². The number of nitrogens with one attached hydrogen (secondary N) is 1. The van der Waals surface area contributed by atoms with Crippen LogP contribution in [-0.2, 0) is 33.2 Å². The fraction of sp³-hybridized carbons (Fsp3) is 0.211. The Kier molecular flexibility index (Phi) is 5.66. The van der Waals surface area contributed by atoms with Crippen LogP contribution >= 0.6 is 0 Å². The van der Waals surface area contributed by atoms with Gasteiger partial charge in [-0.3, -0.25) is 10.1 Å². The third-order valence-corrected chi connectivity index (χ3v) is 5.54. The van der Waals surface area contributed by atoms with E-state index in [1.807, 2.05) is 24.3 Å². The highest BCUT2D eigenvalue weighted by atomic mass is 32.2. The van der Waals surface area contributed by atoms with Crippen molar-refractivity contribution >= 4 is 21.8 Å². The van der Waals surface area contributed by atoms with E-state index in [-0.39, 0.29) is 29.1 Å². The van der Waals surface area contributed by atoms with Crippen LogP contribution in [0.25, 0.3) is 0 Å². The number of anilines is 1. The molecule has 27 heavy (non-hydrogen) atoms. The molecule has 0 bridgehead atoms. The minimum absolute atomic E-state index is 0.0820. The molecule has 0 unspecified atom stereocenters. The number of nitrogens with zero attached hydrogens (tertiary/aromatic N) is 2. The molecule has 0 aliphatic rings. The van der Waals surface area contributed by atoms with Crippen LogP contribution in [0.4, 0.5) is 6.01 Å². The maximum Gasteiger partial charge on any atom is 0.322 e. The summed E-state index contributed by atoms with van der Waals surface area (Å²) >= 11 is 0. The molecule has 1 heterocycles. The van der Waals surface area contributed by atoms with E-state index in [2.05, 4.69) is 22.4 Å². The van der Waals surface area contributed by atoms with Gasteiger partial charge in [0.15, 0.2) is 9.84 Å². The molecule has 0 aliphatic heterocycles. The van der Waals surface area contributed by atoms with Gasteiger partial charge in [0.25, 0.3) is 0 Å². The molecule has 0 spiro atoms. The Bertz CT molecular complexity index is 1010. The summed E-state index contributed by atoms with van der Waals surface area (Å²) in [5.41, 5.74) is 2.05. The van der Waals surface area contributed by atoms with Gasteiger partial charge in [-0.1, -0.05) is 54.5 Å². The number of hydrogen-bond donors (Lipinski definition) is 1. The average Bonchev–Trinajstić information content (AvgIpc) is 3.09. The molecule has 0 saturated heterocycles. The molecule has 3 aromatic rings. The van der Waals surface area contributed by atoms with Crippen molar-refractivity contribution in [2.45, 2.75) is 30.4 Å². The molecule has 7 nitrogen and oxygen atoms in total. The monoisotopic (exact) mass is 385 g/mol. The van der Waals surface area contributed by atoms with Crippen LogP contribution < -0.4 is 5.32 Å². The lowest BCUT2D eigenvalue weighted by Gasteiger charge is -2.03. The first-order valence-electron chi connectivity index (χ1n) is 8.44. The van der Waals surface area contributed by atoms with E-state index >= 15 is 0 Å². The Labute approximate surface area is 157 Å². The summed E-state index contributed by atoms with van der Waals surface area (Å²) in [4.78, 5) is 12.3. The zero-order chi connectivity index (χ0) is 19.3. The zero-order valence-corrected chi connectivity index (χ0v) is 15.6. The van der Waals surface area contributed by atoms with Gasteiger partial charge >= 0.3 is 6.01 Å². The van der Waals surface area contributed by atoms with Gasteiger partial charge in [-0.25, -0.2) is 8.42 Å². The minimum Gasteiger partial charge on any atom is -0.407 e. The van der Waals surface area contributed by atoms with E-state index in [9.17, 15) is 13.2 Å². The van der Waals surface area contributed by atoms with Crippen molar-refractivity contribution < 1.29 is 17.6 Å². The first-order chi connectivity index (χ1) is 13.0. The molecule has 0 atom stereocenters. The first kappa shape index (κ1) is 18.8. The van der Waals surface area contributed by atoms with Gasteiger partial charge in [0.2, 0.25) is 11.8 Å². The molecule has 2 aromatic carbocycles. The summed E-state index contributed by atoms with van der Waals surface area (Å²) in [6.45, 7) is 2.06. The smallest absolute Gasteiger partial charge is 0.322 e. The second-order valence-corrected chi connectivity index (χ2v) is 7.96. The van der Waals surface area contributed by atoms with Crippen LogP contribution in [0.15, 0.2) is 63.9 Å². The van der Waals surface area contributed by atoms with Crippen LogP contribution in [0.1, 0.15) is 23.9 Å². The summed E-state index contributed by atoms with van der Waals surface area (Å²) < 4.78 is 29.9. The Balaban J connectivity index is 1.61. The fourth-order valence-corrected chi connectivity index (χ4v) is 3.66. The Morgan fingerprint density at radius 2 is 1.67 bits per heavy atom. The lowest BCUT2D eigenvalue weighted by molar-refractivity contribution is -0.115. The number of carbonyl (C=O) groups is 1. The maximum atomic E-state index is 12.3. The summed E-state index contributed by atoms with van der Waals surface area (Å²) in [6, 6.07) is 15.6. The molecular weight excluding hydrogens is 366 g/mol. The van der Waals surface area contributed by atoms with Crippen molar-refractivity contribution in [2.75, 3.05) is 5.32 Å². The van der Waals surface area contributed by atoms with Crippen LogP contribution in [0.5, 0.6) is 0 Å². The number of amides is 1. The van der Waals surface area contributed by atoms with E-state index in [4.69, 9.17) is 4.42 Å². The van der Waals surface area contributed by atoms with Crippen LogP contribution in [0.2, 0.25) is 0 Å². The van der Waals surface area contributed by atoms with E-state index in [0.29, 0.717) is 0 Å². The van der Waals surface area contributed by atoms with Crippen molar-refractivity contribution in [2.24, 2.45) is 0 Å². The average molecular weight is 385 g/mol. The lowest BCUT2D eigenvalue weighted by Crippen LogP contribution is -2.14. The van der Waals surface area contributed by atoms with Crippen molar-refractivity contribution in [3.63, 3.8) is 0 Å². The quantitative estimate of drug-likeness (QED) is 0.671. The van der Waals surface area contributed by atoms with Crippen LogP contribution in [0, 0.1) is 0 Å². The molecule has 0 radical (unpaired) electrons. The van der Waals surface area contributed by atoms with Gasteiger partial charge in [-0.15, -0.1) is 5.10 Å². The Morgan fingerprint density at radius 1 is 1.00 bits per heavy atom. The Hall–Kier alpha value is -3.00. The normalized spacial score (nSPS) is 11.3. The van der Waals surface area contributed by atoms with Gasteiger partial charge in [0, 0.05) is 0 Å². The third-order valence-electron chi connectivity index (χ3n) is 3.92. The topological polar surface area (TPSA) is 102 Å². The molecule has 0 fully saturated rings. The second kappa shape index (κ2) is 8.13. The number of rotatable bonds is 7. The number of aryl methyl sites for hydroxylation is 1. The molecule has 1 N–H and O–H groups in total. The van der Waals surface area contributed by atoms with Gasteiger partial charge in [-0.05, 0) is 29.7 Å². The largest absolute Gasteiger partial charge is 0.407 e. The van der Waals surface area contributed by atoms with Gasteiger partial charge < -0.3 is 4.42 Å². The molecule has 0 saturated carbocycles. The predicted octanol–water partition coefficient (Wildman–Crippen LogP) is 2.79. The van der Waals surface area contributed by atoms with Gasteiger partial charge in [-0.2, -0.15) is 0 Å². The highest BCUT2D eigenvalue weighted by molar-refractivity contribution is 7.90. The number of sulfone groups is 1. The highest BCUT2D eigenvalue weighted by Gasteiger charge is 2.20. The van der Waals surface area contributed by atoms with E-state index < -0.39 is 15.6 Å². The molecular formula is C19H19N3O4S. The Morgan fingerprint density at radius 3 is 2.33 bits per heavy atom. The molecule has 8 heteroatoms. The predicted molar refractivity (Wildman–Crippen MR) is 99.8 cm³/mol. The van der Waals surface area contributed by atoms with E-state index in [0.717, 1.165) is 12.0 Å². The summed E-state index contributed by atoms with van der Waals surface area (Å²) in [7, 11) is -3.59. The molecule has 140 valence electrons. The minimum atomic E-state index is -3.59. The number of hydrogen-bond acceptors (Lipinski definition) is 6. The SMILES string of the molecule is CCc1ccc(CC(=O)Nc2nnc(CS(=O)(=O)c3ccccc3)o2)cc1. The zero-order valence-electron chi connectivity index (χ0n) is 14.8. The molecule has 0 aliphatic carbocycles. The third kappa shape index (κ3) is 5.01. The van der Waals surface area contributed by atoms with Gasteiger partial charge in [0.05, 0.1) is 11.3 Å². The summed E-state index contributed by atoms with van der Waals surface area (Å²) in [5.74, 6) is -0.833. The summed E-state index contributed by atoms with van der Waals surface area (Å²) in [5, 5.41) is 9.88. The number of benzene rings is 2. The molecule has 1 aromatic heterocycles. The van der Waals surface area contributed by atoms with E-state index in [1.165, 1.54) is 17.7 Å². The van der Waals surface area contributed by atoms with Crippen molar-refractivity contribution in [3.8, 4) is 0 Å². The summed E-state index contributed by atoms with van der Waals surface area (Å²) in [6.07, 6.45) is 1.09. The van der Waals surface area contributed by atoms with Crippen LogP contribution in [0.3, 0.4) is 0 Å². The van der Waals surface area contributed by atoms with Crippen LogP contribution in [-0.4, -0.2) is 24.5 Å². The van der Waals surface area contributed by atoms with Crippen molar-refractivity contribution in [3.05, 3.63) is 71.6 Å². The fourth-order valence-electron chi connectivity index (χ4n) is 2.48.